The van der Waals surface area contributed by atoms with Gasteiger partial charge < -0.3 is 4.90 Å². The molecule has 0 aliphatic carbocycles. The van der Waals surface area contributed by atoms with Crippen molar-refractivity contribution in [1.29, 1.82) is 0 Å². The third kappa shape index (κ3) is 5.64. The first-order valence-electron chi connectivity index (χ1n) is 10.0. The number of benzene rings is 3. The molecule has 0 N–H and O–H groups in total. The van der Waals surface area contributed by atoms with Crippen LogP contribution in [0.2, 0.25) is 0 Å². The molecular formula is C25H28N2OS. The Morgan fingerprint density at radius 3 is 2.00 bits per heavy atom. The van der Waals surface area contributed by atoms with E-state index in [1.54, 1.807) is 11.8 Å². The molecule has 0 bridgehead atoms. The van der Waals surface area contributed by atoms with E-state index >= 15 is 0 Å². The quantitative estimate of drug-likeness (QED) is 0.379. The summed E-state index contributed by atoms with van der Waals surface area (Å²) < 4.78 is 0. The van der Waals surface area contributed by atoms with Crippen molar-refractivity contribution in [3.05, 3.63) is 90.5 Å². The number of rotatable bonds is 8. The number of hydrogen-bond donors (Lipinski definition) is 0. The Morgan fingerprint density at radius 1 is 0.828 bits per heavy atom. The second-order valence-corrected chi connectivity index (χ2v) is 7.79. The van der Waals surface area contributed by atoms with Crippen LogP contribution in [-0.2, 0) is 6.54 Å². The van der Waals surface area contributed by atoms with Gasteiger partial charge in [-0.15, -0.1) is 11.8 Å². The topological polar surface area (TPSA) is 23.6 Å². The Kier molecular flexibility index (Phi) is 7.77. The molecule has 3 rings (SSSR count). The van der Waals surface area contributed by atoms with Gasteiger partial charge in [-0.2, -0.15) is 0 Å². The van der Waals surface area contributed by atoms with E-state index in [9.17, 15) is 4.79 Å². The Hall–Kier alpha value is -2.72. The van der Waals surface area contributed by atoms with Crippen molar-refractivity contribution >= 4 is 29.2 Å². The van der Waals surface area contributed by atoms with Crippen molar-refractivity contribution in [3.63, 3.8) is 0 Å². The van der Waals surface area contributed by atoms with E-state index in [1.165, 1.54) is 4.90 Å². The predicted molar refractivity (Wildman–Crippen MR) is 124 cm³/mol. The molecule has 0 radical (unpaired) electrons. The maximum absolute atomic E-state index is 13.8. The lowest BCUT2D eigenvalue weighted by Gasteiger charge is -2.31. The van der Waals surface area contributed by atoms with E-state index in [1.807, 2.05) is 70.5 Å². The summed E-state index contributed by atoms with van der Waals surface area (Å²) in [6.45, 7) is 3.49. The summed E-state index contributed by atoms with van der Waals surface area (Å²) in [4.78, 5) is 18.7. The lowest BCUT2D eigenvalue weighted by molar-refractivity contribution is 0.203. The fourth-order valence-corrected chi connectivity index (χ4v) is 3.62. The molecule has 150 valence electrons. The molecule has 0 saturated heterocycles. The van der Waals surface area contributed by atoms with Crippen molar-refractivity contribution in [2.24, 2.45) is 0 Å². The minimum absolute atomic E-state index is 0.00500. The van der Waals surface area contributed by atoms with Crippen LogP contribution in [0.4, 0.5) is 16.2 Å². The van der Waals surface area contributed by atoms with Gasteiger partial charge in [-0.25, -0.2) is 4.79 Å². The first-order chi connectivity index (χ1) is 14.2. The van der Waals surface area contributed by atoms with Crippen LogP contribution in [-0.4, -0.2) is 23.7 Å². The van der Waals surface area contributed by atoms with Crippen molar-refractivity contribution < 1.29 is 4.79 Å². The number of urea groups is 1. The molecule has 4 heteroatoms. The Labute approximate surface area is 178 Å². The number of thioether (sulfide) groups is 1. The van der Waals surface area contributed by atoms with Crippen molar-refractivity contribution in [1.82, 2.24) is 4.90 Å². The number of carbonyl (C=O) groups excluding carboxylic acids is 1. The maximum Gasteiger partial charge on any atom is 0.329 e. The standard InChI is InChI=1S/C25H28N2OS/c1-3-4-19-26(20-21-11-7-5-8-12-21)25(28)27(22-13-9-6-10-14-22)23-15-17-24(29-2)18-16-23/h5-18H,3-4,19-20H2,1-2H3. The fraction of sp³-hybridized carbons (Fsp3) is 0.240. The SMILES string of the molecule is CCCCN(Cc1ccccc1)C(=O)N(c1ccccc1)c1ccc(SC)cc1. The number of anilines is 2. The third-order valence-corrected chi connectivity index (χ3v) is 5.55. The van der Waals surface area contributed by atoms with Gasteiger partial charge in [0.1, 0.15) is 0 Å². The minimum Gasteiger partial charge on any atom is -0.320 e. The third-order valence-electron chi connectivity index (χ3n) is 4.80. The van der Waals surface area contributed by atoms with Gasteiger partial charge in [-0.05, 0) is 54.6 Å². The highest BCUT2D eigenvalue weighted by atomic mass is 32.2. The van der Waals surface area contributed by atoms with Crippen LogP contribution in [0.15, 0.2) is 89.8 Å². The van der Waals surface area contributed by atoms with Gasteiger partial charge in [0.05, 0.1) is 11.4 Å². The highest BCUT2D eigenvalue weighted by molar-refractivity contribution is 7.98. The lowest BCUT2D eigenvalue weighted by Crippen LogP contribution is -2.41. The molecule has 0 aliphatic rings. The van der Waals surface area contributed by atoms with Gasteiger partial charge >= 0.3 is 6.03 Å². The second kappa shape index (κ2) is 10.7. The van der Waals surface area contributed by atoms with Gasteiger partial charge in [0.15, 0.2) is 0 Å². The molecule has 3 aromatic rings. The fourth-order valence-electron chi connectivity index (χ4n) is 3.21. The zero-order chi connectivity index (χ0) is 20.5. The van der Waals surface area contributed by atoms with Gasteiger partial charge in [0, 0.05) is 18.0 Å². The molecular weight excluding hydrogens is 376 g/mol. The zero-order valence-electron chi connectivity index (χ0n) is 17.1. The molecule has 0 fully saturated rings. The summed E-state index contributed by atoms with van der Waals surface area (Å²) >= 11 is 1.70. The van der Waals surface area contributed by atoms with Crippen LogP contribution in [0.3, 0.4) is 0 Å². The molecule has 0 spiro atoms. The van der Waals surface area contributed by atoms with Crippen molar-refractivity contribution in [2.45, 2.75) is 31.2 Å². The summed E-state index contributed by atoms with van der Waals surface area (Å²) in [5.41, 5.74) is 2.90. The molecule has 0 unspecified atom stereocenters. The van der Waals surface area contributed by atoms with Crippen LogP contribution >= 0.6 is 11.8 Å². The number of para-hydroxylation sites is 1. The number of hydrogen-bond acceptors (Lipinski definition) is 2. The van der Waals surface area contributed by atoms with E-state index in [0.717, 1.165) is 36.3 Å². The van der Waals surface area contributed by atoms with Crippen LogP contribution in [0.5, 0.6) is 0 Å². The first kappa shape index (κ1) is 21.0. The van der Waals surface area contributed by atoms with Crippen molar-refractivity contribution in [2.75, 3.05) is 17.7 Å². The maximum atomic E-state index is 13.8. The van der Waals surface area contributed by atoms with Crippen molar-refractivity contribution in [3.8, 4) is 0 Å². The molecule has 0 aromatic heterocycles. The smallest absolute Gasteiger partial charge is 0.320 e. The largest absolute Gasteiger partial charge is 0.329 e. The average Bonchev–Trinajstić information content (AvgIpc) is 2.78. The molecule has 29 heavy (non-hydrogen) atoms. The second-order valence-electron chi connectivity index (χ2n) is 6.91. The van der Waals surface area contributed by atoms with E-state index in [2.05, 4.69) is 37.4 Å². The summed E-state index contributed by atoms with van der Waals surface area (Å²) in [6.07, 6.45) is 4.08. The summed E-state index contributed by atoms with van der Waals surface area (Å²) in [5.74, 6) is 0. The lowest BCUT2D eigenvalue weighted by atomic mass is 10.2. The number of carbonyl (C=O) groups is 1. The normalized spacial score (nSPS) is 10.6. The molecule has 0 heterocycles. The summed E-state index contributed by atoms with van der Waals surface area (Å²) in [7, 11) is 0. The minimum atomic E-state index is 0.00500. The Morgan fingerprint density at radius 2 is 1.41 bits per heavy atom. The molecule has 0 aliphatic heterocycles. The number of amides is 2. The van der Waals surface area contributed by atoms with Gasteiger partial charge in [0.25, 0.3) is 0 Å². The highest BCUT2D eigenvalue weighted by Gasteiger charge is 2.24. The Bertz CT molecular complexity index is 882. The van der Waals surface area contributed by atoms with Crippen LogP contribution < -0.4 is 4.90 Å². The monoisotopic (exact) mass is 404 g/mol. The molecule has 3 aromatic carbocycles. The summed E-state index contributed by atoms with van der Waals surface area (Å²) in [6, 6.07) is 28.3. The highest BCUT2D eigenvalue weighted by Crippen LogP contribution is 2.29. The van der Waals surface area contributed by atoms with E-state index in [-0.39, 0.29) is 6.03 Å². The van der Waals surface area contributed by atoms with Gasteiger partial charge in [0.2, 0.25) is 0 Å². The average molecular weight is 405 g/mol. The molecule has 0 saturated carbocycles. The van der Waals surface area contributed by atoms with Crippen LogP contribution in [0.1, 0.15) is 25.3 Å². The predicted octanol–water partition coefficient (Wildman–Crippen LogP) is 6.97. The molecule has 0 atom stereocenters. The number of unbranched alkanes of at least 4 members (excludes halogenated alkanes) is 1. The Balaban J connectivity index is 1.95. The van der Waals surface area contributed by atoms with Gasteiger partial charge in [-0.1, -0.05) is 61.9 Å². The molecule has 3 nitrogen and oxygen atoms in total. The molecule has 2 amide bonds. The first-order valence-corrected chi connectivity index (χ1v) is 11.3. The van der Waals surface area contributed by atoms with Gasteiger partial charge in [-0.3, -0.25) is 4.90 Å². The zero-order valence-corrected chi connectivity index (χ0v) is 17.9. The van der Waals surface area contributed by atoms with E-state index in [4.69, 9.17) is 0 Å². The van der Waals surface area contributed by atoms with Crippen LogP contribution in [0, 0.1) is 0 Å². The van der Waals surface area contributed by atoms with E-state index < -0.39 is 0 Å². The number of nitrogens with zero attached hydrogens (tertiary/aromatic N) is 2. The van der Waals surface area contributed by atoms with Crippen LogP contribution in [0.25, 0.3) is 0 Å². The van der Waals surface area contributed by atoms with E-state index in [0.29, 0.717) is 6.54 Å². The summed E-state index contributed by atoms with van der Waals surface area (Å²) in [5, 5.41) is 0.